The topological polar surface area (TPSA) is 25.2 Å². The number of piperidine rings is 1. The zero-order valence-electron chi connectivity index (χ0n) is 10.4. The normalized spacial score (nSPS) is 31.4. The van der Waals surface area contributed by atoms with Gasteiger partial charge < -0.3 is 4.57 Å². The van der Waals surface area contributed by atoms with Crippen LogP contribution in [0.4, 0.5) is 0 Å². The Morgan fingerprint density at radius 1 is 1.35 bits per heavy atom. The molecule has 0 saturated carbocycles. The van der Waals surface area contributed by atoms with Crippen LogP contribution < -0.4 is 0 Å². The second-order valence-electron chi connectivity index (χ2n) is 5.18. The molecule has 1 aromatic rings. The summed E-state index contributed by atoms with van der Waals surface area (Å²) in [5, 5.41) is 0. The Balaban J connectivity index is 1.99. The lowest BCUT2D eigenvalue weighted by atomic mass is 9.95. The Morgan fingerprint density at radius 2 is 2.18 bits per heavy atom. The van der Waals surface area contributed by atoms with Crippen LogP contribution >= 0.6 is 0 Å². The van der Waals surface area contributed by atoms with Crippen molar-refractivity contribution >= 4 is 11.9 Å². The molecule has 2 bridgehead atoms. The van der Waals surface area contributed by atoms with Gasteiger partial charge >= 0.3 is 0 Å². The van der Waals surface area contributed by atoms with Gasteiger partial charge in [-0.2, -0.15) is 0 Å². The monoisotopic (exact) mass is 230 g/mol. The molecular weight excluding hydrogens is 212 g/mol. The zero-order chi connectivity index (χ0) is 12.0. The van der Waals surface area contributed by atoms with Crippen molar-refractivity contribution < 1.29 is 4.79 Å². The molecule has 90 valence electrons. The van der Waals surface area contributed by atoms with E-state index in [0.29, 0.717) is 24.3 Å². The molecule has 3 nitrogen and oxygen atoms in total. The van der Waals surface area contributed by atoms with E-state index in [1.165, 1.54) is 0 Å². The van der Waals surface area contributed by atoms with Crippen LogP contribution in [0.25, 0.3) is 6.08 Å². The van der Waals surface area contributed by atoms with Crippen LogP contribution in [-0.4, -0.2) is 34.4 Å². The number of fused-ring (bicyclic) bond motifs is 2. The fraction of sp³-hybridized carbons (Fsp3) is 0.500. The molecule has 3 heterocycles. The molecule has 1 aromatic heterocycles. The summed E-state index contributed by atoms with van der Waals surface area (Å²) < 4.78 is 2.06. The van der Waals surface area contributed by atoms with E-state index < -0.39 is 0 Å². The van der Waals surface area contributed by atoms with E-state index in [0.717, 1.165) is 24.1 Å². The van der Waals surface area contributed by atoms with Crippen molar-refractivity contribution in [3.05, 3.63) is 29.6 Å². The van der Waals surface area contributed by atoms with Crippen molar-refractivity contribution in [3.8, 4) is 0 Å². The average Bonchev–Trinajstić information content (AvgIpc) is 2.79. The van der Waals surface area contributed by atoms with Crippen molar-refractivity contribution in [3.63, 3.8) is 0 Å². The number of rotatable bonds is 1. The standard InChI is InChI=1S/C14H18N2O/c1-15-7-3-4-10(15)8-12-13-6-5-11(16(13)2)9-14(12)17/h3-4,7-8,11,13H,5-6,9H2,1-2H3/b12-8+. The lowest BCUT2D eigenvalue weighted by Gasteiger charge is -2.32. The molecule has 0 N–H and O–H groups in total. The predicted octanol–water partition coefficient (Wildman–Crippen LogP) is 1.84. The molecular formula is C14H18N2O. The Labute approximate surface area is 102 Å². The molecule has 3 heteroatoms. The largest absolute Gasteiger partial charge is 0.351 e. The van der Waals surface area contributed by atoms with Crippen molar-refractivity contribution in [1.29, 1.82) is 0 Å². The van der Waals surface area contributed by atoms with E-state index in [2.05, 4.69) is 28.7 Å². The molecule has 0 aliphatic carbocycles. The molecule has 0 radical (unpaired) electrons. The van der Waals surface area contributed by atoms with E-state index in [1.54, 1.807) is 0 Å². The minimum absolute atomic E-state index is 0.344. The number of likely N-dealkylation sites (N-methyl/N-ethyl adjacent to an activating group) is 1. The second-order valence-corrected chi connectivity index (χ2v) is 5.18. The molecule has 0 spiro atoms. The second kappa shape index (κ2) is 3.84. The van der Waals surface area contributed by atoms with Gasteiger partial charge in [-0.05, 0) is 38.1 Å². The van der Waals surface area contributed by atoms with Gasteiger partial charge in [0.15, 0.2) is 5.78 Å². The third-order valence-electron chi connectivity index (χ3n) is 4.23. The highest BCUT2D eigenvalue weighted by molar-refractivity contribution is 6.02. The summed E-state index contributed by atoms with van der Waals surface area (Å²) in [5.74, 6) is 0.344. The van der Waals surface area contributed by atoms with Crippen molar-refractivity contribution in [2.45, 2.75) is 31.3 Å². The van der Waals surface area contributed by atoms with Crippen molar-refractivity contribution in [1.82, 2.24) is 9.47 Å². The number of hydrogen-bond acceptors (Lipinski definition) is 2. The van der Waals surface area contributed by atoms with Gasteiger partial charge in [0.2, 0.25) is 0 Å². The van der Waals surface area contributed by atoms with E-state index in [9.17, 15) is 4.79 Å². The number of aromatic nitrogens is 1. The minimum Gasteiger partial charge on any atom is -0.351 e. The maximum absolute atomic E-state index is 12.1. The number of hydrogen-bond donors (Lipinski definition) is 0. The summed E-state index contributed by atoms with van der Waals surface area (Å²) in [6.45, 7) is 0. The molecule has 2 saturated heterocycles. The number of ketones is 1. The molecule has 17 heavy (non-hydrogen) atoms. The van der Waals surface area contributed by atoms with Crippen LogP contribution in [0.15, 0.2) is 23.9 Å². The van der Waals surface area contributed by atoms with Crippen molar-refractivity contribution in [2.75, 3.05) is 7.05 Å². The first-order valence-electron chi connectivity index (χ1n) is 6.25. The number of Topliss-reactive ketones (excluding diaryl/α,β-unsaturated/α-hetero) is 1. The summed E-state index contributed by atoms with van der Waals surface area (Å²) in [5.41, 5.74) is 2.12. The van der Waals surface area contributed by atoms with Gasteiger partial charge in [-0.25, -0.2) is 0 Å². The molecule has 2 aliphatic heterocycles. The quantitative estimate of drug-likeness (QED) is 0.688. The average molecular weight is 230 g/mol. The van der Waals surface area contributed by atoms with Gasteiger partial charge in [-0.3, -0.25) is 9.69 Å². The summed E-state index contributed by atoms with van der Waals surface area (Å²) in [6, 6.07) is 4.90. The van der Waals surface area contributed by atoms with Gasteiger partial charge in [0.1, 0.15) is 0 Å². The van der Waals surface area contributed by atoms with Gasteiger partial charge in [0.25, 0.3) is 0 Å². The smallest absolute Gasteiger partial charge is 0.162 e. The zero-order valence-corrected chi connectivity index (χ0v) is 10.4. The lowest BCUT2D eigenvalue weighted by molar-refractivity contribution is -0.118. The molecule has 2 atom stereocenters. The fourth-order valence-corrected chi connectivity index (χ4v) is 3.11. The lowest BCUT2D eigenvalue weighted by Crippen LogP contribution is -2.42. The maximum atomic E-state index is 12.1. The van der Waals surface area contributed by atoms with Gasteiger partial charge in [0, 0.05) is 43.0 Å². The first kappa shape index (κ1) is 10.8. The predicted molar refractivity (Wildman–Crippen MR) is 67.6 cm³/mol. The van der Waals surface area contributed by atoms with Crippen LogP contribution in [0, 0.1) is 0 Å². The van der Waals surface area contributed by atoms with Crippen LogP contribution in [0.5, 0.6) is 0 Å². The summed E-state index contributed by atoms with van der Waals surface area (Å²) in [4.78, 5) is 14.5. The van der Waals surface area contributed by atoms with Gasteiger partial charge in [-0.15, -0.1) is 0 Å². The highest BCUT2D eigenvalue weighted by Gasteiger charge is 2.41. The van der Waals surface area contributed by atoms with E-state index in [4.69, 9.17) is 0 Å². The summed E-state index contributed by atoms with van der Waals surface area (Å²) in [6.07, 6.45) is 7.08. The van der Waals surface area contributed by atoms with Gasteiger partial charge in [0.05, 0.1) is 0 Å². The molecule has 3 rings (SSSR count). The highest BCUT2D eigenvalue weighted by Crippen LogP contribution is 2.36. The molecule has 0 amide bonds. The summed E-state index contributed by atoms with van der Waals surface area (Å²) >= 11 is 0. The van der Waals surface area contributed by atoms with Crippen LogP contribution in [-0.2, 0) is 11.8 Å². The maximum Gasteiger partial charge on any atom is 0.162 e. The van der Waals surface area contributed by atoms with E-state index in [1.807, 2.05) is 19.3 Å². The SMILES string of the molecule is CN1C2CCC1/C(=C\c1cccn1C)C(=O)C2. The van der Waals surface area contributed by atoms with E-state index in [-0.39, 0.29) is 0 Å². The number of nitrogens with zero attached hydrogens (tertiary/aromatic N) is 2. The highest BCUT2D eigenvalue weighted by atomic mass is 16.1. The van der Waals surface area contributed by atoms with Crippen LogP contribution in [0.3, 0.4) is 0 Å². The Morgan fingerprint density at radius 3 is 2.88 bits per heavy atom. The van der Waals surface area contributed by atoms with Crippen molar-refractivity contribution in [2.24, 2.45) is 7.05 Å². The van der Waals surface area contributed by atoms with Gasteiger partial charge in [-0.1, -0.05) is 0 Å². The Hall–Kier alpha value is -1.35. The third kappa shape index (κ3) is 1.65. The molecule has 2 aliphatic rings. The third-order valence-corrected chi connectivity index (χ3v) is 4.23. The first-order valence-corrected chi connectivity index (χ1v) is 6.25. The molecule has 2 fully saturated rings. The number of carbonyl (C=O) groups is 1. The Bertz CT molecular complexity index is 486. The fourth-order valence-electron chi connectivity index (χ4n) is 3.11. The minimum atomic E-state index is 0.344. The molecule has 2 unspecified atom stereocenters. The molecule has 0 aromatic carbocycles. The number of carbonyl (C=O) groups excluding carboxylic acids is 1. The van der Waals surface area contributed by atoms with E-state index >= 15 is 0 Å². The van der Waals surface area contributed by atoms with Crippen LogP contribution in [0.2, 0.25) is 0 Å². The summed E-state index contributed by atoms with van der Waals surface area (Å²) in [7, 11) is 4.16. The Kier molecular flexibility index (Phi) is 2.44. The van der Waals surface area contributed by atoms with Crippen LogP contribution in [0.1, 0.15) is 25.0 Å². The first-order chi connectivity index (χ1) is 8.16. The number of aryl methyl sites for hydroxylation is 1.